The van der Waals surface area contributed by atoms with E-state index in [0.717, 1.165) is 38.5 Å². The van der Waals surface area contributed by atoms with Gasteiger partial charge in [-0.2, -0.15) is 0 Å². The highest BCUT2D eigenvalue weighted by Gasteiger charge is 2.70. The van der Waals surface area contributed by atoms with Crippen molar-refractivity contribution in [3.05, 3.63) is 197 Å². The number of hydrogen-bond donors (Lipinski definition) is 2. The summed E-state index contributed by atoms with van der Waals surface area (Å²) < 4.78 is 21.8. The van der Waals surface area contributed by atoms with E-state index in [2.05, 4.69) is 170 Å². The number of benzene rings is 3. The molecule has 9 fully saturated rings. The lowest BCUT2D eigenvalue weighted by Crippen LogP contribution is -2.54. The molecule has 6 spiro atoms. The summed E-state index contributed by atoms with van der Waals surface area (Å²) in [5.74, 6) is 3.83. The second-order valence-corrected chi connectivity index (χ2v) is 33.7. The summed E-state index contributed by atoms with van der Waals surface area (Å²) in [5.41, 5.74) is 13.6. The van der Waals surface area contributed by atoms with Crippen LogP contribution in [0.2, 0.25) is 0 Å². The Labute approximate surface area is 562 Å². The molecule has 15 aliphatic rings. The predicted molar refractivity (Wildman–Crippen MR) is 378 cm³/mol. The lowest BCUT2D eigenvalue weighted by atomic mass is 9.58. The van der Waals surface area contributed by atoms with Crippen LogP contribution >= 0.6 is 0 Å². The number of carbonyl (C=O) groups excluding carboxylic acids is 1. The zero-order chi connectivity index (χ0) is 64.0. The van der Waals surface area contributed by atoms with E-state index < -0.39 is 0 Å². The number of Topliss-reactive ketones (excluding diaryl/α,β-unsaturated/α-hetero) is 1. The van der Waals surface area contributed by atoms with Crippen LogP contribution < -0.4 is 10.6 Å². The minimum absolute atomic E-state index is 0.00573. The number of ether oxygens (including phenoxy) is 3. The Hall–Kier alpha value is -6.20. The molecule has 6 bridgehead atoms. The molecular weight excluding hydrogens is 1170 g/mol. The molecule has 490 valence electrons. The average molecular weight is 1260 g/mol. The first-order chi connectivity index (χ1) is 46.1. The normalized spacial score (nSPS) is 41.7. The molecule has 0 radical (unpaired) electrons. The number of nitrogens with zero attached hydrogens (tertiary/aromatic N) is 3. The Kier molecular flexibility index (Phi) is 13.5. The molecule has 0 amide bonds. The first-order valence-corrected chi connectivity index (χ1v) is 37.4. The van der Waals surface area contributed by atoms with E-state index in [1.54, 1.807) is 11.1 Å². The third-order valence-corrected chi connectivity index (χ3v) is 29.9. The first-order valence-electron chi connectivity index (χ1n) is 37.4. The van der Waals surface area contributed by atoms with Crippen molar-refractivity contribution < 1.29 is 19.0 Å². The summed E-state index contributed by atoms with van der Waals surface area (Å²) in [4.78, 5) is 25.5. The van der Waals surface area contributed by atoms with Gasteiger partial charge >= 0.3 is 0 Å². The van der Waals surface area contributed by atoms with Crippen LogP contribution in [0.1, 0.15) is 209 Å². The fourth-order valence-electron chi connectivity index (χ4n) is 25.1. The molecule has 21 rings (SSSR count). The summed E-state index contributed by atoms with van der Waals surface area (Å²) in [7, 11) is 4.24. The predicted octanol–water partition coefficient (Wildman–Crippen LogP) is 18.2. The molecule has 9 heteroatoms. The second kappa shape index (κ2) is 21.4. The quantitative estimate of drug-likeness (QED) is 0.174. The van der Waals surface area contributed by atoms with E-state index in [1.807, 2.05) is 37.2 Å². The van der Waals surface area contributed by atoms with Crippen LogP contribution in [0.15, 0.2) is 180 Å². The van der Waals surface area contributed by atoms with Crippen LogP contribution in [-0.4, -0.2) is 80.5 Å². The lowest BCUT2D eigenvalue weighted by molar-refractivity contribution is -0.146. The monoisotopic (exact) mass is 1260 g/mol. The number of carbonyl (C=O) groups is 1. The molecule has 0 unspecified atom stereocenters. The molecule has 6 saturated carbocycles. The van der Waals surface area contributed by atoms with Crippen molar-refractivity contribution in [3.63, 3.8) is 0 Å². The number of ketones is 1. The molecule has 3 aromatic heterocycles. The Morgan fingerprint density at radius 3 is 1.17 bits per heavy atom. The molecule has 2 N–H and O–H groups in total. The second-order valence-electron chi connectivity index (χ2n) is 33.7. The van der Waals surface area contributed by atoms with E-state index in [-0.39, 0.29) is 49.9 Å². The SMILES string of the molecule is CN[C@@H]1CCC2=CC3=CC[C@]4(C)[C@@H](c5ccc6ccncc6c5)CC[C@H]4[C@@]34CC[C@]2(C1)O4.CN[C@H]1CCC2=CC3=CC[C@]4(C)[C@@H](c5ccc6ccncc6c5)CC[C@H]4[C@@]34CC[C@]2(C1)O4.C[C@]12CC=C3C=C4CCC(=O)C[C@]45CC[C@]3(O5)[C@@H]1CC[C@@H]2c1ccc2ccncc2c1. The maximum absolute atomic E-state index is 12.4. The van der Waals surface area contributed by atoms with Crippen molar-refractivity contribution in [2.75, 3.05) is 14.1 Å². The Balaban J connectivity index is 0.000000101. The zero-order valence-electron chi connectivity index (χ0n) is 56.9. The number of nitrogens with one attached hydrogen (secondary N) is 2. The van der Waals surface area contributed by atoms with Crippen LogP contribution in [0, 0.1) is 34.0 Å². The Morgan fingerprint density at radius 1 is 0.411 bits per heavy atom. The van der Waals surface area contributed by atoms with Gasteiger partial charge < -0.3 is 24.8 Å². The third kappa shape index (κ3) is 8.62. The van der Waals surface area contributed by atoms with Crippen LogP contribution in [-0.2, 0) is 19.0 Å². The van der Waals surface area contributed by atoms with E-state index in [4.69, 9.17) is 14.2 Å². The van der Waals surface area contributed by atoms with Crippen LogP contribution in [0.3, 0.4) is 0 Å². The molecule has 17 atom stereocenters. The Morgan fingerprint density at radius 2 is 0.779 bits per heavy atom. The lowest BCUT2D eigenvalue weighted by Gasteiger charge is -2.54. The molecular formula is C86H97N5O4. The molecule has 9 heterocycles. The maximum Gasteiger partial charge on any atom is 0.136 e. The van der Waals surface area contributed by atoms with Gasteiger partial charge in [0.1, 0.15) is 5.78 Å². The van der Waals surface area contributed by atoms with Crippen LogP contribution in [0.4, 0.5) is 0 Å². The number of hydrogen-bond acceptors (Lipinski definition) is 9. The molecule has 6 aliphatic heterocycles. The summed E-state index contributed by atoms with van der Waals surface area (Å²) in [5, 5.41) is 14.7. The van der Waals surface area contributed by atoms with E-state index >= 15 is 0 Å². The van der Waals surface area contributed by atoms with E-state index in [0.29, 0.717) is 66.2 Å². The topological polar surface area (TPSA) is 107 Å². The zero-order valence-corrected chi connectivity index (χ0v) is 56.9. The van der Waals surface area contributed by atoms with Crippen LogP contribution in [0.25, 0.3) is 32.3 Å². The van der Waals surface area contributed by atoms with Gasteiger partial charge in [0.05, 0.1) is 33.6 Å². The number of aromatic nitrogens is 3. The minimum Gasteiger partial charge on any atom is -0.359 e. The highest BCUT2D eigenvalue weighted by atomic mass is 16.5. The van der Waals surface area contributed by atoms with Gasteiger partial charge in [0.2, 0.25) is 0 Å². The van der Waals surface area contributed by atoms with Gasteiger partial charge in [0.25, 0.3) is 0 Å². The third-order valence-electron chi connectivity index (χ3n) is 29.9. The first kappa shape index (κ1) is 60.0. The number of fused-ring (bicyclic) bond motifs is 6. The van der Waals surface area contributed by atoms with Crippen molar-refractivity contribution in [2.45, 2.75) is 238 Å². The van der Waals surface area contributed by atoms with Crippen molar-refractivity contribution >= 4 is 38.1 Å². The molecule has 95 heavy (non-hydrogen) atoms. The van der Waals surface area contributed by atoms with Crippen molar-refractivity contribution in [1.82, 2.24) is 25.6 Å². The van der Waals surface area contributed by atoms with Gasteiger partial charge in [-0.1, -0.05) is 93.6 Å². The summed E-state index contributed by atoms with van der Waals surface area (Å²) in [6.45, 7) is 7.63. The van der Waals surface area contributed by atoms with Gasteiger partial charge in [-0.3, -0.25) is 19.7 Å². The number of allylic oxidation sites excluding steroid dienone is 3. The molecule has 6 aromatic rings. The number of rotatable bonds is 5. The van der Waals surface area contributed by atoms with E-state index in [9.17, 15) is 4.79 Å². The molecule has 9 aliphatic carbocycles. The van der Waals surface area contributed by atoms with Gasteiger partial charge in [-0.15, -0.1) is 0 Å². The van der Waals surface area contributed by atoms with Gasteiger partial charge in [-0.25, -0.2) is 0 Å². The van der Waals surface area contributed by atoms with E-state index in [1.165, 1.54) is 174 Å². The van der Waals surface area contributed by atoms with Gasteiger partial charge in [0, 0.05) is 78.3 Å². The van der Waals surface area contributed by atoms with Gasteiger partial charge in [0.15, 0.2) is 0 Å². The fourth-order valence-corrected chi connectivity index (χ4v) is 25.1. The number of pyridine rings is 3. The fraction of sp³-hybridized carbons (Fsp3) is 0.535. The summed E-state index contributed by atoms with van der Waals surface area (Å²) >= 11 is 0. The van der Waals surface area contributed by atoms with Gasteiger partial charge in [-0.05, 0) is 310 Å². The maximum atomic E-state index is 12.4. The largest absolute Gasteiger partial charge is 0.359 e. The average Bonchev–Trinajstić information content (AvgIpc) is 1.56. The van der Waals surface area contributed by atoms with Crippen molar-refractivity contribution in [2.24, 2.45) is 34.0 Å². The summed E-state index contributed by atoms with van der Waals surface area (Å²) in [6, 6.07) is 28.6. The highest BCUT2D eigenvalue weighted by molar-refractivity contribution is 5.85. The van der Waals surface area contributed by atoms with Crippen molar-refractivity contribution in [3.8, 4) is 0 Å². The minimum atomic E-state index is -0.294. The molecule has 9 nitrogen and oxygen atoms in total. The molecule has 3 saturated heterocycles. The smallest absolute Gasteiger partial charge is 0.136 e. The van der Waals surface area contributed by atoms with Crippen molar-refractivity contribution in [1.29, 1.82) is 0 Å². The highest BCUT2D eigenvalue weighted by Crippen LogP contribution is 2.73. The molecule has 3 aromatic carbocycles. The Bertz CT molecular complexity index is 4220. The van der Waals surface area contributed by atoms with Crippen LogP contribution in [0.5, 0.6) is 0 Å². The standard InChI is InChI=1S/2C29H34N2O.C28H29NO2/c2*1-27-11-9-23-16-22-5-6-24(30-2)17-28(22)12-13-29(23,32-28)26(27)8-7-25(27)20-4-3-19-10-14-31-18-21(19)15-20;1-26-10-8-22-15-21-4-5-23(30)16-27(21)11-12-28(22,31-27)25(26)7-6-24(26)19-3-2-18-9-13-29-17-20(18)14-19/h2*3-4,9-10,14-16,18,24-26,30H,5-8,11-13,17H2,1-2H3;2-3,8-9,13-15,17,24-25H,4-7,10-12,16H2,1H3/t24-,25+,26+,27+,28+,29+;24-,25-,26-,27-,28-,29-;24-,25-,26-,27-,28-/m011/s1. The summed E-state index contributed by atoms with van der Waals surface area (Å²) in [6.07, 6.45) is 54.1.